The number of hydrogen-bond donors (Lipinski definition) is 1. The number of nitrogens with one attached hydrogen (secondary N) is 1. The molecule has 2 rings (SSSR count). The summed E-state index contributed by atoms with van der Waals surface area (Å²) in [4.78, 5) is 4.51. The molecule has 0 bridgehead atoms. The summed E-state index contributed by atoms with van der Waals surface area (Å²) in [6, 6.07) is 4.44. The van der Waals surface area contributed by atoms with Crippen LogP contribution in [0.5, 0.6) is 5.75 Å². The lowest BCUT2D eigenvalue weighted by atomic mass is 9.98. The van der Waals surface area contributed by atoms with Crippen molar-refractivity contribution in [2.75, 3.05) is 6.54 Å². The maximum Gasteiger partial charge on any atom is 0.138 e. The second kappa shape index (κ2) is 7.49. The van der Waals surface area contributed by atoms with Crippen molar-refractivity contribution in [2.24, 2.45) is 0 Å². The molecule has 3 nitrogen and oxygen atoms in total. The zero-order valence-electron chi connectivity index (χ0n) is 12.2. The zero-order chi connectivity index (χ0) is 13.5. The van der Waals surface area contributed by atoms with Crippen molar-refractivity contribution in [3.05, 3.63) is 24.0 Å². The molecule has 1 aromatic heterocycles. The monoisotopic (exact) mass is 262 g/mol. The van der Waals surface area contributed by atoms with Crippen molar-refractivity contribution in [3.8, 4) is 5.75 Å². The van der Waals surface area contributed by atoms with E-state index in [1.54, 1.807) is 0 Å². The van der Waals surface area contributed by atoms with E-state index >= 15 is 0 Å². The van der Waals surface area contributed by atoms with Crippen LogP contribution in [0.25, 0.3) is 0 Å². The molecule has 1 atom stereocenters. The first kappa shape index (κ1) is 14.3. The number of nitrogens with zero attached hydrogens (tertiary/aromatic N) is 1. The van der Waals surface area contributed by atoms with Gasteiger partial charge in [0, 0.05) is 6.04 Å². The van der Waals surface area contributed by atoms with Crippen molar-refractivity contribution in [3.63, 3.8) is 0 Å². The van der Waals surface area contributed by atoms with Crippen molar-refractivity contribution in [1.29, 1.82) is 0 Å². The fourth-order valence-electron chi connectivity index (χ4n) is 2.56. The van der Waals surface area contributed by atoms with Crippen LogP contribution in [-0.2, 0) is 0 Å². The van der Waals surface area contributed by atoms with Crippen LogP contribution >= 0.6 is 0 Å². The van der Waals surface area contributed by atoms with E-state index in [-0.39, 0.29) is 0 Å². The van der Waals surface area contributed by atoms with E-state index < -0.39 is 0 Å². The Kier molecular flexibility index (Phi) is 5.64. The van der Waals surface area contributed by atoms with Gasteiger partial charge in [-0.05, 0) is 57.7 Å². The predicted octanol–water partition coefficient (Wildman–Crippen LogP) is 3.85. The Hall–Kier alpha value is -1.09. The second-order valence-electron chi connectivity index (χ2n) is 5.47. The number of hydrogen-bond acceptors (Lipinski definition) is 3. The molecule has 1 N–H and O–H groups in total. The Morgan fingerprint density at radius 1 is 1.32 bits per heavy atom. The Morgan fingerprint density at radius 3 is 2.74 bits per heavy atom. The third-order valence-electron chi connectivity index (χ3n) is 3.76. The van der Waals surface area contributed by atoms with Gasteiger partial charge in [-0.2, -0.15) is 0 Å². The summed E-state index contributed by atoms with van der Waals surface area (Å²) in [6.07, 6.45) is 9.75. The first-order valence-electron chi connectivity index (χ1n) is 7.65. The fraction of sp³-hybridized carbons (Fsp3) is 0.688. The Morgan fingerprint density at radius 2 is 2.11 bits per heavy atom. The minimum atomic E-state index is 0.309. The molecule has 1 aliphatic rings. The molecule has 106 valence electrons. The summed E-state index contributed by atoms with van der Waals surface area (Å²) in [5.41, 5.74) is 1.09. The lowest BCUT2D eigenvalue weighted by Crippen LogP contribution is -2.21. The molecule has 1 aliphatic carbocycles. The molecular weight excluding hydrogens is 236 g/mol. The molecule has 1 heterocycles. The van der Waals surface area contributed by atoms with Gasteiger partial charge < -0.3 is 10.1 Å². The molecule has 19 heavy (non-hydrogen) atoms. The summed E-state index contributed by atoms with van der Waals surface area (Å²) < 4.78 is 5.99. The number of aromatic nitrogens is 1. The molecule has 1 aromatic rings. The lowest BCUT2D eigenvalue weighted by Gasteiger charge is -2.23. The summed E-state index contributed by atoms with van der Waals surface area (Å²) in [7, 11) is 0. The van der Waals surface area contributed by atoms with Crippen molar-refractivity contribution in [1.82, 2.24) is 10.3 Å². The molecule has 3 heteroatoms. The standard InChI is InChI=1S/C16H26N2O/c1-3-11-17-13(2)16-10-9-15(12-18-16)19-14-7-5-4-6-8-14/h9-10,12-14,17H,3-8,11H2,1-2H3. The van der Waals surface area contributed by atoms with Gasteiger partial charge in [0.05, 0.1) is 18.0 Å². The van der Waals surface area contributed by atoms with Gasteiger partial charge in [-0.15, -0.1) is 0 Å². The lowest BCUT2D eigenvalue weighted by molar-refractivity contribution is 0.154. The van der Waals surface area contributed by atoms with Crippen LogP contribution in [0.2, 0.25) is 0 Å². The smallest absolute Gasteiger partial charge is 0.138 e. The van der Waals surface area contributed by atoms with Gasteiger partial charge in [0.1, 0.15) is 5.75 Å². The van der Waals surface area contributed by atoms with E-state index in [9.17, 15) is 0 Å². The quantitative estimate of drug-likeness (QED) is 0.845. The summed E-state index contributed by atoms with van der Waals surface area (Å²) >= 11 is 0. The van der Waals surface area contributed by atoms with Gasteiger partial charge in [-0.3, -0.25) is 4.98 Å². The van der Waals surface area contributed by atoms with Gasteiger partial charge in [0.25, 0.3) is 0 Å². The van der Waals surface area contributed by atoms with Crippen LogP contribution in [0.15, 0.2) is 18.3 Å². The average Bonchev–Trinajstić information content (AvgIpc) is 2.46. The molecule has 0 saturated heterocycles. The van der Waals surface area contributed by atoms with Gasteiger partial charge in [0.15, 0.2) is 0 Å². The first-order valence-corrected chi connectivity index (χ1v) is 7.65. The minimum absolute atomic E-state index is 0.309. The molecule has 0 amide bonds. The normalized spacial score (nSPS) is 18.2. The molecule has 1 unspecified atom stereocenters. The maximum absolute atomic E-state index is 5.99. The largest absolute Gasteiger partial charge is 0.489 e. The molecular formula is C16H26N2O. The van der Waals surface area contributed by atoms with E-state index in [1.807, 2.05) is 6.20 Å². The highest BCUT2D eigenvalue weighted by Crippen LogP contribution is 2.23. The van der Waals surface area contributed by atoms with Gasteiger partial charge in [0.2, 0.25) is 0 Å². The SMILES string of the molecule is CCCNC(C)c1ccc(OC2CCCCC2)cn1. The van der Waals surface area contributed by atoms with Gasteiger partial charge in [-0.1, -0.05) is 13.3 Å². The Bertz CT molecular complexity index is 358. The van der Waals surface area contributed by atoms with Crippen LogP contribution in [0, 0.1) is 0 Å². The molecule has 1 fully saturated rings. The Balaban J connectivity index is 1.86. The van der Waals surface area contributed by atoms with E-state index in [4.69, 9.17) is 4.74 Å². The Labute approximate surface area is 116 Å². The van der Waals surface area contributed by atoms with Gasteiger partial charge >= 0.3 is 0 Å². The van der Waals surface area contributed by atoms with Crippen molar-refractivity contribution < 1.29 is 4.74 Å². The minimum Gasteiger partial charge on any atom is -0.489 e. The van der Waals surface area contributed by atoms with E-state index in [0.717, 1.165) is 24.4 Å². The predicted molar refractivity (Wildman–Crippen MR) is 78.4 cm³/mol. The topological polar surface area (TPSA) is 34.1 Å². The van der Waals surface area contributed by atoms with E-state index in [2.05, 4.69) is 36.3 Å². The molecule has 0 aliphatic heterocycles. The van der Waals surface area contributed by atoms with Crippen LogP contribution < -0.4 is 10.1 Å². The molecule has 0 spiro atoms. The van der Waals surface area contributed by atoms with E-state index in [1.165, 1.54) is 32.1 Å². The van der Waals surface area contributed by atoms with Crippen LogP contribution in [-0.4, -0.2) is 17.6 Å². The molecule has 0 aromatic carbocycles. The fourth-order valence-corrected chi connectivity index (χ4v) is 2.56. The van der Waals surface area contributed by atoms with Crippen LogP contribution in [0.3, 0.4) is 0 Å². The van der Waals surface area contributed by atoms with Crippen LogP contribution in [0.4, 0.5) is 0 Å². The van der Waals surface area contributed by atoms with Crippen molar-refractivity contribution in [2.45, 2.75) is 64.5 Å². The zero-order valence-corrected chi connectivity index (χ0v) is 12.2. The van der Waals surface area contributed by atoms with E-state index in [0.29, 0.717) is 12.1 Å². The summed E-state index contributed by atoms with van der Waals surface area (Å²) in [5, 5.41) is 3.45. The number of pyridine rings is 1. The van der Waals surface area contributed by atoms with Crippen molar-refractivity contribution >= 4 is 0 Å². The number of rotatable bonds is 6. The second-order valence-corrected chi connectivity index (χ2v) is 5.47. The van der Waals surface area contributed by atoms with Crippen LogP contribution in [0.1, 0.15) is 64.1 Å². The molecule has 0 radical (unpaired) electrons. The summed E-state index contributed by atoms with van der Waals surface area (Å²) in [5.74, 6) is 0.915. The summed E-state index contributed by atoms with van der Waals surface area (Å²) in [6.45, 7) is 5.36. The highest BCUT2D eigenvalue weighted by atomic mass is 16.5. The molecule has 1 saturated carbocycles. The maximum atomic E-state index is 5.99. The highest BCUT2D eigenvalue weighted by Gasteiger charge is 2.15. The highest BCUT2D eigenvalue weighted by molar-refractivity contribution is 5.21. The van der Waals surface area contributed by atoms with Gasteiger partial charge in [-0.25, -0.2) is 0 Å². The third-order valence-corrected chi connectivity index (χ3v) is 3.76. The average molecular weight is 262 g/mol. The third kappa shape index (κ3) is 4.50. The first-order chi connectivity index (χ1) is 9.29. The number of ether oxygens (including phenoxy) is 1.